The van der Waals surface area contributed by atoms with Crippen molar-refractivity contribution in [2.24, 2.45) is 0 Å². The second-order valence-corrected chi connectivity index (χ2v) is 5.31. The number of nitrogen functional groups attached to an aromatic ring is 1. The molecule has 92 valence electrons. The number of allylic oxidation sites excluding steroid dienone is 2. The molecule has 3 nitrogen and oxygen atoms in total. The van der Waals surface area contributed by atoms with Crippen LogP contribution < -0.4 is 5.73 Å². The van der Waals surface area contributed by atoms with Gasteiger partial charge in [-0.15, -0.1) is 0 Å². The van der Waals surface area contributed by atoms with Gasteiger partial charge in [-0.25, -0.2) is 0 Å². The minimum atomic E-state index is 0.612. The molecular weight excluding hydrogens is 294 g/mol. The normalized spacial score (nSPS) is 15.1. The Morgan fingerprint density at radius 1 is 1.39 bits per heavy atom. The van der Waals surface area contributed by atoms with Crippen molar-refractivity contribution in [2.75, 3.05) is 5.73 Å². The van der Waals surface area contributed by atoms with Crippen LogP contribution in [0.2, 0.25) is 0 Å². The molecular formula is C14H12BrNO2. The zero-order chi connectivity index (χ0) is 12.7. The van der Waals surface area contributed by atoms with Gasteiger partial charge in [0.25, 0.3) is 0 Å². The van der Waals surface area contributed by atoms with Crippen molar-refractivity contribution in [1.82, 2.24) is 0 Å². The highest BCUT2D eigenvalue weighted by Gasteiger charge is 2.19. The van der Waals surface area contributed by atoms with Gasteiger partial charge in [-0.3, -0.25) is 4.79 Å². The van der Waals surface area contributed by atoms with Gasteiger partial charge in [-0.1, -0.05) is 6.08 Å². The summed E-state index contributed by atoms with van der Waals surface area (Å²) in [6.45, 7) is 0. The van der Waals surface area contributed by atoms with Gasteiger partial charge in [0, 0.05) is 21.6 Å². The molecule has 3 rings (SSSR count). The number of furan rings is 1. The first-order chi connectivity index (χ1) is 8.70. The number of fused-ring (bicyclic) bond motifs is 1. The molecule has 0 saturated carbocycles. The Hall–Kier alpha value is -1.55. The van der Waals surface area contributed by atoms with E-state index in [1.807, 2.05) is 6.07 Å². The molecule has 1 aromatic heterocycles. The van der Waals surface area contributed by atoms with E-state index in [1.54, 1.807) is 6.07 Å². The smallest absolute Gasteiger partial charge is 0.154 e. The van der Waals surface area contributed by atoms with E-state index in [1.165, 1.54) is 0 Å². The molecule has 1 aliphatic rings. The van der Waals surface area contributed by atoms with Gasteiger partial charge in [0.2, 0.25) is 0 Å². The Labute approximate surface area is 113 Å². The minimum absolute atomic E-state index is 0.612. The van der Waals surface area contributed by atoms with Crippen molar-refractivity contribution in [3.63, 3.8) is 0 Å². The van der Waals surface area contributed by atoms with Crippen LogP contribution in [0.3, 0.4) is 0 Å². The van der Waals surface area contributed by atoms with Crippen LogP contribution in [-0.2, 0) is 0 Å². The fourth-order valence-electron chi connectivity index (χ4n) is 2.38. The zero-order valence-electron chi connectivity index (χ0n) is 9.70. The summed E-state index contributed by atoms with van der Waals surface area (Å²) < 4.78 is 6.59. The maximum Gasteiger partial charge on any atom is 0.154 e. The van der Waals surface area contributed by atoms with Gasteiger partial charge in [-0.05, 0) is 46.8 Å². The SMILES string of the molecule is Nc1cc2oc(C3=CCCC3)c(C=O)c2cc1Br. The zero-order valence-corrected chi connectivity index (χ0v) is 11.3. The lowest BCUT2D eigenvalue weighted by Crippen LogP contribution is -1.87. The van der Waals surface area contributed by atoms with Gasteiger partial charge in [-0.2, -0.15) is 0 Å². The molecule has 18 heavy (non-hydrogen) atoms. The maximum atomic E-state index is 11.3. The highest BCUT2D eigenvalue weighted by Crippen LogP contribution is 2.37. The average Bonchev–Trinajstić information content (AvgIpc) is 2.96. The van der Waals surface area contributed by atoms with Crippen molar-refractivity contribution in [2.45, 2.75) is 19.3 Å². The van der Waals surface area contributed by atoms with E-state index in [0.29, 0.717) is 22.6 Å². The van der Waals surface area contributed by atoms with Crippen LogP contribution in [0.4, 0.5) is 5.69 Å². The highest BCUT2D eigenvalue weighted by molar-refractivity contribution is 9.10. The monoisotopic (exact) mass is 305 g/mol. The van der Waals surface area contributed by atoms with E-state index in [0.717, 1.165) is 41.0 Å². The molecule has 2 aromatic rings. The number of nitrogens with two attached hydrogens (primary N) is 1. The van der Waals surface area contributed by atoms with Crippen LogP contribution >= 0.6 is 15.9 Å². The van der Waals surface area contributed by atoms with Gasteiger partial charge < -0.3 is 10.2 Å². The van der Waals surface area contributed by atoms with Gasteiger partial charge in [0.15, 0.2) is 6.29 Å². The Balaban J connectivity index is 2.29. The summed E-state index contributed by atoms with van der Waals surface area (Å²) in [6, 6.07) is 3.60. The van der Waals surface area contributed by atoms with E-state index in [-0.39, 0.29) is 0 Å². The summed E-state index contributed by atoms with van der Waals surface area (Å²) in [7, 11) is 0. The Morgan fingerprint density at radius 2 is 2.22 bits per heavy atom. The quantitative estimate of drug-likeness (QED) is 0.669. The number of rotatable bonds is 2. The maximum absolute atomic E-state index is 11.3. The molecule has 4 heteroatoms. The van der Waals surface area contributed by atoms with E-state index in [9.17, 15) is 4.79 Å². The Morgan fingerprint density at radius 3 is 2.89 bits per heavy atom. The van der Waals surface area contributed by atoms with Crippen molar-refractivity contribution < 1.29 is 9.21 Å². The van der Waals surface area contributed by atoms with Gasteiger partial charge >= 0.3 is 0 Å². The van der Waals surface area contributed by atoms with Crippen molar-refractivity contribution in [3.05, 3.63) is 34.0 Å². The molecule has 1 heterocycles. The van der Waals surface area contributed by atoms with Crippen molar-refractivity contribution in [3.8, 4) is 0 Å². The van der Waals surface area contributed by atoms with Crippen LogP contribution in [0.15, 0.2) is 27.1 Å². The predicted octanol–water partition coefficient (Wildman–Crippen LogP) is 4.16. The number of halogens is 1. The molecule has 0 aliphatic heterocycles. The fourth-order valence-corrected chi connectivity index (χ4v) is 2.73. The largest absolute Gasteiger partial charge is 0.456 e. The molecule has 0 fully saturated rings. The molecule has 2 N–H and O–H groups in total. The van der Waals surface area contributed by atoms with E-state index < -0.39 is 0 Å². The third-order valence-corrected chi connectivity index (χ3v) is 3.98. The van der Waals surface area contributed by atoms with Gasteiger partial charge in [0.05, 0.1) is 5.56 Å². The van der Waals surface area contributed by atoms with Crippen LogP contribution in [0.25, 0.3) is 16.5 Å². The molecule has 1 aliphatic carbocycles. The number of carbonyl (C=O) groups excluding carboxylic acids is 1. The lowest BCUT2D eigenvalue weighted by molar-refractivity contribution is 0.112. The summed E-state index contributed by atoms with van der Waals surface area (Å²) in [5.41, 5.74) is 8.86. The van der Waals surface area contributed by atoms with Crippen LogP contribution in [0.5, 0.6) is 0 Å². The predicted molar refractivity (Wildman–Crippen MR) is 75.5 cm³/mol. The third kappa shape index (κ3) is 1.68. The summed E-state index contributed by atoms with van der Waals surface area (Å²) in [4.78, 5) is 11.3. The standard InChI is InChI=1S/C14H12BrNO2/c15-11-5-9-10(7-17)14(8-3-1-2-4-8)18-13(9)6-12(11)16/h3,5-7H,1-2,4,16H2. The van der Waals surface area contributed by atoms with Crippen LogP contribution in [0.1, 0.15) is 35.4 Å². The van der Waals surface area contributed by atoms with E-state index >= 15 is 0 Å². The second kappa shape index (κ2) is 4.28. The number of aldehydes is 1. The first kappa shape index (κ1) is 11.5. The first-order valence-electron chi connectivity index (χ1n) is 5.87. The highest BCUT2D eigenvalue weighted by atomic mass is 79.9. The van der Waals surface area contributed by atoms with Crippen LogP contribution in [-0.4, -0.2) is 6.29 Å². The average molecular weight is 306 g/mol. The molecule has 0 saturated heterocycles. The van der Waals surface area contributed by atoms with E-state index in [4.69, 9.17) is 10.2 Å². The fraction of sp³-hybridized carbons (Fsp3) is 0.214. The summed E-state index contributed by atoms with van der Waals surface area (Å²) in [5, 5.41) is 0.814. The second-order valence-electron chi connectivity index (χ2n) is 4.45. The lowest BCUT2D eigenvalue weighted by atomic mass is 10.1. The molecule has 0 bridgehead atoms. The Kier molecular flexibility index (Phi) is 2.74. The van der Waals surface area contributed by atoms with Crippen LogP contribution in [0, 0.1) is 0 Å². The van der Waals surface area contributed by atoms with Crippen molar-refractivity contribution in [1.29, 1.82) is 0 Å². The number of anilines is 1. The number of hydrogen-bond acceptors (Lipinski definition) is 3. The summed E-state index contributed by atoms with van der Waals surface area (Å²) in [5.74, 6) is 0.704. The van der Waals surface area contributed by atoms with Gasteiger partial charge in [0.1, 0.15) is 11.3 Å². The Bertz CT molecular complexity index is 670. The van der Waals surface area contributed by atoms with E-state index in [2.05, 4.69) is 22.0 Å². The van der Waals surface area contributed by atoms with Crippen molar-refractivity contribution >= 4 is 44.4 Å². The lowest BCUT2D eigenvalue weighted by Gasteiger charge is -1.97. The summed E-state index contributed by atoms with van der Waals surface area (Å²) >= 11 is 3.38. The minimum Gasteiger partial charge on any atom is -0.456 e. The summed E-state index contributed by atoms with van der Waals surface area (Å²) in [6.07, 6.45) is 6.15. The number of carbonyl (C=O) groups is 1. The first-order valence-corrected chi connectivity index (χ1v) is 6.66. The molecule has 0 spiro atoms. The number of hydrogen-bond donors (Lipinski definition) is 1. The molecule has 1 aromatic carbocycles. The molecule has 0 radical (unpaired) electrons. The number of benzene rings is 1. The molecule has 0 unspecified atom stereocenters. The molecule has 0 amide bonds. The topological polar surface area (TPSA) is 56.2 Å². The third-order valence-electron chi connectivity index (χ3n) is 3.30. The molecule has 0 atom stereocenters.